The van der Waals surface area contributed by atoms with Crippen molar-refractivity contribution < 1.29 is 4.52 Å². The van der Waals surface area contributed by atoms with Crippen LogP contribution >= 0.6 is 0 Å². The molecule has 1 atom stereocenters. The van der Waals surface area contributed by atoms with Crippen LogP contribution in [-0.4, -0.2) is 22.7 Å². The zero-order chi connectivity index (χ0) is 14.3. The van der Waals surface area contributed by atoms with Gasteiger partial charge in [0, 0.05) is 18.9 Å². The molecule has 4 nitrogen and oxygen atoms in total. The predicted octanol–water partition coefficient (Wildman–Crippen LogP) is 3.22. The lowest BCUT2D eigenvalue weighted by Crippen LogP contribution is -2.33. The minimum atomic E-state index is 0.437. The van der Waals surface area contributed by atoms with Crippen molar-refractivity contribution in [3.05, 3.63) is 11.7 Å². The van der Waals surface area contributed by atoms with Crippen LogP contribution in [0.4, 0.5) is 0 Å². The van der Waals surface area contributed by atoms with Gasteiger partial charge in [0.05, 0.1) is 0 Å². The molecule has 0 saturated heterocycles. The fourth-order valence-electron chi connectivity index (χ4n) is 2.19. The van der Waals surface area contributed by atoms with Crippen molar-refractivity contribution in [2.45, 2.75) is 66.3 Å². The normalized spacial score (nSPS) is 13.4. The van der Waals surface area contributed by atoms with E-state index >= 15 is 0 Å². The van der Waals surface area contributed by atoms with Gasteiger partial charge in [0.2, 0.25) is 5.89 Å². The Bertz CT molecular complexity index is 347. The van der Waals surface area contributed by atoms with E-state index in [0.29, 0.717) is 17.9 Å². The van der Waals surface area contributed by atoms with E-state index in [1.54, 1.807) is 0 Å². The first-order chi connectivity index (χ1) is 9.01. The Labute approximate surface area is 117 Å². The quantitative estimate of drug-likeness (QED) is 0.746. The lowest BCUT2D eigenvalue weighted by atomic mass is 10.0. The molecular formula is C15H29N3O. The first-order valence-corrected chi connectivity index (χ1v) is 7.56. The lowest BCUT2D eigenvalue weighted by molar-refractivity contribution is 0.334. The summed E-state index contributed by atoms with van der Waals surface area (Å²) in [6.07, 6.45) is 4.02. The van der Waals surface area contributed by atoms with E-state index in [0.717, 1.165) is 43.9 Å². The van der Waals surface area contributed by atoms with Crippen molar-refractivity contribution in [2.24, 2.45) is 11.8 Å². The maximum atomic E-state index is 5.36. The van der Waals surface area contributed by atoms with Crippen molar-refractivity contribution in [3.63, 3.8) is 0 Å². The molecule has 0 bridgehead atoms. The first kappa shape index (κ1) is 16.2. The summed E-state index contributed by atoms with van der Waals surface area (Å²) in [7, 11) is 0. The van der Waals surface area contributed by atoms with Gasteiger partial charge in [-0.1, -0.05) is 39.8 Å². The fourth-order valence-corrected chi connectivity index (χ4v) is 2.19. The average Bonchev–Trinajstić information content (AvgIpc) is 2.71. The minimum absolute atomic E-state index is 0.437. The number of hydrogen-bond acceptors (Lipinski definition) is 4. The van der Waals surface area contributed by atoms with Gasteiger partial charge in [-0.15, -0.1) is 0 Å². The molecule has 0 aromatic carbocycles. The van der Waals surface area contributed by atoms with Crippen LogP contribution in [0, 0.1) is 11.8 Å². The summed E-state index contributed by atoms with van der Waals surface area (Å²) in [5.74, 6) is 2.84. The van der Waals surface area contributed by atoms with E-state index in [1.807, 2.05) is 0 Å². The number of nitrogens with one attached hydrogen (secondary N) is 1. The fraction of sp³-hybridized carbons (Fsp3) is 0.867. The maximum Gasteiger partial charge on any atom is 0.228 e. The second-order valence-electron chi connectivity index (χ2n) is 6.19. The highest BCUT2D eigenvalue weighted by atomic mass is 16.5. The molecule has 110 valence electrons. The third-order valence-corrected chi connectivity index (χ3v) is 2.96. The van der Waals surface area contributed by atoms with Crippen LogP contribution < -0.4 is 5.32 Å². The third-order valence-electron chi connectivity index (χ3n) is 2.96. The molecule has 4 heteroatoms. The zero-order valence-corrected chi connectivity index (χ0v) is 13.1. The van der Waals surface area contributed by atoms with Gasteiger partial charge in [0.15, 0.2) is 5.82 Å². The van der Waals surface area contributed by atoms with Crippen LogP contribution in [0.5, 0.6) is 0 Å². The monoisotopic (exact) mass is 267 g/mol. The van der Waals surface area contributed by atoms with Crippen LogP contribution in [0.15, 0.2) is 4.52 Å². The van der Waals surface area contributed by atoms with Crippen molar-refractivity contribution in [1.29, 1.82) is 0 Å². The van der Waals surface area contributed by atoms with E-state index in [4.69, 9.17) is 4.52 Å². The second kappa shape index (κ2) is 8.31. The molecule has 1 unspecified atom stereocenters. The second-order valence-corrected chi connectivity index (χ2v) is 6.19. The summed E-state index contributed by atoms with van der Waals surface area (Å²) >= 11 is 0. The Morgan fingerprint density at radius 3 is 2.42 bits per heavy atom. The SMILES string of the molecule is CCCNC(Cc1nc(CC(C)C)no1)CC(C)C. The molecule has 0 fully saturated rings. The van der Waals surface area contributed by atoms with Crippen LogP contribution in [0.2, 0.25) is 0 Å². The molecule has 0 aliphatic carbocycles. The van der Waals surface area contributed by atoms with Crippen molar-refractivity contribution >= 4 is 0 Å². The summed E-state index contributed by atoms with van der Waals surface area (Å²) in [6, 6.07) is 0.437. The largest absolute Gasteiger partial charge is 0.339 e. The summed E-state index contributed by atoms with van der Waals surface area (Å²) < 4.78 is 5.36. The van der Waals surface area contributed by atoms with Gasteiger partial charge >= 0.3 is 0 Å². The van der Waals surface area contributed by atoms with E-state index in [2.05, 4.69) is 50.1 Å². The van der Waals surface area contributed by atoms with E-state index < -0.39 is 0 Å². The summed E-state index contributed by atoms with van der Waals surface area (Å²) in [5.41, 5.74) is 0. The molecule has 1 aromatic rings. The summed E-state index contributed by atoms with van der Waals surface area (Å²) in [6.45, 7) is 12.1. The molecular weight excluding hydrogens is 238 g/mol. The van der Waals surface area contributed by atoms with Gasteiger partial charge in [-0.3, -0.25) is 0 Å². The molecule has 0 amide bonds. The third kappa shape index (κ3) is 6.71. The van der Waals surface area contributed by atoms with E-state index in [-0.39, 0.29) is 0 Å². The van der Waals surface area contributed by atoms with Gasteiger partial charge in [0.1, 0.15) is 0 Å². The first-order valence-electron chi connectivity index (χ1n) is 7.56. The smallest absolute Gasteiger partial charge is 0.228 e. The highest BCUT2D eigenvalue weighted by Gasteiger charge is 2.15. The van der Waals surface area contributed by atoms with Gasteiger partial charge in [-0.2, -0.15) is 4.98 Å². The number of aromatic nitrogens is 2. The molecule has 0 spiro atoms. The van der Waals surface area contributed by atoms with E-state index in [1.165, 1.54) is 0 Å². The Hall–Kier alpha value is -0.900. The van der Waals surface area contributed by atoms with Gasteiger partial charge in [-0.05, 0) is 31.2 Å². The Morgan fingerprint density at radius 1 is 1.11 bits per heavy atom. The zero-order valence-electron chi connectivity index (χ0n) is 13.1. The molecule has 0 saturated carbocycles. The molecule has 1 aromatic heterocycles. The molecule has 1 heterocycles. The van der Waals surface area contributed by atoms with Crippen LogP contribution in [0.1, 0.15) is 59.2 Å². The topological polar surface area (TPSA) is 51.0 Å². The maximum absolute atomic E-state index is 5.36. The van der Waals surface area contributed by atoms with Crippen LogP contribution in [0.3, 0.4) is 0 Å². The standard InChI is InChI=1S/C15H29N3O/c1-6-7-16-13(8-11(2)3)10-15-17-14(18-19-15)9-12(4)5/h11-13,16H,6-10H2,1-5H3. The number of rotatable bonds is 9. The van der Waals surface area contributed by atoms with Crippen LogP contribution in [0.25, 0.3) is 0 Å². The highest BCUT2D eigenvalue weighted by molar-refractivity contribution is 4.90. The number of hydrogen-bond donors (Lipinski definition) is 1. The number of nitrogens with zero attached hydrogens (tertiary/aromatic N) is 2. The van der Waals surface area contributed by atoms with Gasteiger partial charge in [0.25, 0.3) is 0 Å². The van der Waals surface area contributed by atoms with Crippen LogP contribution in [-0.2, 0) is 12.8 Å². The highest BCUT2D eigenvalue weighted by Crippen LogP contribution is 2.11. The Morgan fingerprint density at radius 2 is 1.84 bits per heavy atom. The Kier molecular flexibility index (Phi) is 7.06. The Balaban J connectivity index is 2.54. The molecule has 0 radical (unpaired) electrons. The molecule has 0 aliphatic heterocycles. The molecule has 1 N–H and O–H groups in total. The van der Waals surface area contributed by atoms with Crippen molar-refractivity contribution in [3.8, 4) is 0 Å². The van der Waals surface area contributed by atoms with Crippen molar-refractivity contribution in [1.82, 2.24) is 15.5 Å². The van der Waals surface area contributed by atoms with E-state index in [9.17, 15) is 0 Å². The van der Waals surface area contributed by atoms with Gasteiger partial charge < -0.3 is 9.84 Å². The average molecular weight is 267 g/mol. The molecule has 19 heavy (non-hydrogen) atoms. The summed E-state index contributed by atoms with van der Waals surface area (Å²) in [4.78, 5) is 4.49. The lowest BCUT2D eigenvalue weighted by Gasteiger charge is -2.18. The summed E-state index contributed by atoms with van der Waals surface area (Å²) in [5, 5.41) is 7.63. The van der Waals surface area contributed by atoms with Crippen molar-refractivity contribution in [2.75, 3.05) is 6.54 Å². The predicted molar refractivity (Wildman–Crippen MR) is 78.1 cm³/mol. The minimum Gasteiger partial charge on any atom is -0.339 e. The molecule has 0 aliphatic rings. The molecule has 1 rings (SSSR count). The van der Waals surface area contributed by atoms with Gasteiger partial charge in [-0.25, -0.2) is 0 Å².